The minimum atomic E-state index is -4.63. The second-order valence-electron chi connectivity index (χ2n) is 7.72. The Morgan fingerprint density at radius 1 is 1.08 bits per heavy atom. The van der Waals surface area contributed by atoms with Gasteiger partial charge >= 0.3 is 6.18 Å². The highest BCUT2D eigenvalue weighted by Crippen LogP contribution is 2.36. The maximum atomic E-state index is 13.6. The Hall–Kier alpha value is -4.07. The zero-order valence-electron chi connectivity index (χ0n) is 18.7. The number of imidazole rings is 1. The summed E-state index contributed by atoms with van der Waals surface area (Å²) in [6, 6.07) is 7.54. The van der Waals surface area contributed by atoms with Gasteiger partial charge in [0.05, 0.1) is 11.3 Å². The van der Waals surface area contributed by atoms with Crippen molar-refractivity contribution in [1.29, 1.82) is 0 Å². The number of alkyl halides is 3. The van der Waals surface area contributed by atoms with Crippen molar-refractivity contribution in [3.8, 4) is 23.0 Å². The zero-order valence-corrected chi connectivity index (χ0v) is 19.5. The van der Waals surface area contributed by atoms with Gasteiger partial charge < -0.3 is 9.30 Å². The first-order valence-electron chi connectivity index (χ1n) is 10.4. The van der Waals surface area contributed by atoms with Gasteiger partial charge in [0.15, 0.2) is 26.2 Å². The molecule has 0 radical (unpaired) electrons. The SMILES string of the molecule is CCS(=O)(=O)c1nn2c(Oc3cccc(F)c3)ccnc2c1-c1nc2cc(C(F)(F)F)cnc2n1C. The van der Waals surface area contributed by atoms with Crippen molar-refractivity contribution in [2.75, 3.05) is 5.75 Å². The monoisotopic (exact) mass is 520 g/mol. The molecule has 0 unspecified atom stereocenters. The summed E-state index contributed by atoms with van der Waals surface area (Å²) >= 11 is 0. The molecular formula is C22H16F4N6O3S. The molecule has 0 aliphatic rings. The molecule has 0 saturated heterocycles. The maximum Gasteiger partial charge on any atom is 0.417 e. The quantitative estimate of drug-likeness (QED) is 0.316. The molecule has 0 N–H and O–H groups in total. The summed E-state index contributed by atoms with van der Waals surface area (Å²) in [5.74, 6) is -0.704. The van der Waals surface area contributed by atoms with E-state index in [1.165, 1.54) is 49.0 Å². The Labute approximate surface area is 200 Å². The molecule has 4 heterocycles. The minimum absolute atomic E-state index is 0.00532. The van der Waals surface area contributed by atoms with E-state index in [1.807, 2.05) is 0 Å². The Balaban J connectivity index is 1.77. The number of rotatable bonds is 5. The molecule has 1 aromatic carbocycles. The fourth-order valence-corrected chi connectivity index (χ4v) is 4.61. The predicted molar refractivity (Wildman–Crippen MR) is 120 cm³/mol. The molecule has 0 amide bonds. The molecule has 0 bridgehead atoms. The van der Waals surface area contributed by atoms with Crippen LogP contribution in [0.3, 0.4) is 0 Å². The Bertz CT molecular complexity index is 1740. The summed E-state index contributed by atoms with van der Waals surface area (Å²) < 4.78 is 87.5. The molecule has 0 saturated carbocycles. The van der Waals surface area contributed by atoms with Gasteiger partial charge in [-0.2, -0.15) is 22.8 Å². The topological polar surface area (TPSA) is 104 Å². The first kappa shape index (κ1) is 23.7. The normalized spacial score (nSPS) is 12.5. The van der Waals surface area contributed by atoms with Crippen LogP contribution in [-0.2, 0) is 23.1 Å². The number of pyridine rings is 1. The van der Waals surface area contributed by atoms with Gasteiger partial charge in [-0.25, -0.2) is 27.8 Å². The molecular weight excluding hydrogens is 504 g/mol. The minimum Gasteiger partial charge on any atom is -0.439 e. The molecule has 0 fully saturated rings. The number of hydrogen-bond donors (Lipinski definition) is 0. The van der Waals surface area contributed by atoms with Crippen LogP contribution in [0.15, 0.2) is 53.8 Å². The van der Waals surface area contributed by atoms with Crippen molar-refractivity contribution in [3.63, 3.8) is 0 Å². The van der Waals surface area contributed by atoms with Crippen molar-refractivity contribution in [2.45, 2.75) is 18.1 Å². The fraction of sp³-hybridized carbons (Fsp3) is 0.182. The number of sulfone groups is 1. The number of aryl methyl sites for hydroxylation is 1. The highest BCUT2D eigenvalue weighted by molar-refractivity contribution is 7.91. The van der Waals surface area contributed by atoms with E-state index in [1.54, 1.807) is 0 Å². The number of aromatic nitrogens is 6. The smallest absolute Gasteiger partial charge is 0.417 e. The van der Waals surface area contributed by atoms with Crippen LogP contribution in [-0.4, -0.2) is 43.3 Å². The largest absolute Gasteiger partial charge is 0.439 e. The van der Waals surface area contributed by atoms with Crippen molar-refractivity contribution in [3.05, 3.63) is 60.2 Å². The number of ether oxygens (including phenoxy) is 1. The fourth-order valence-electron chi connectivity index (χ4n) is 3.64. The second-order valence-corrected chi connectivity index (χ2v) is 9.91. The van der Waals surface area contributed by atoms with E-state index in [2.05, 4.69) is 20.1 Å². The van der Waals surface area contributed by atoms with Crippen LogP contribution in [0.1, 0.15) is 12.5 Å². The molecule has 9 nitrogen and oxygen atoms in total. The van der Waals surface area contributed by atoms with Gasteiger partial charge in [-0.05, 0) is 18.2 Å². The van der Waals surface area contributed by atoms with Gasteiger partial charge in [0.25, 0.3) is 0 Å². The van der Waals surface area contributed by atoms with Crippen LogP contribution >= 0.6 is 0 Å². The van der Waals surface area contributed by atoms with Gasteiger partial charge in [0, 0.05) is 31.6 Å². The summed E-state index contributed by atoms with van der Waals surface area (Å²) in [5.41, 5.74) is -0.996. The number of fused-ring (bicyclic) bond motifs is 2. The van der Waals surface area contributed by atoms with Crippen LogP contribution in [0, 0.1) is 5.82 Å². The zero-order chi connectivity index (χ0) is 25.8. The van der Waals surface area contributed by atoms with Crippen LogP contribution in [0.4, 0.5) is 17.6 Å². The van der Waals surface area contributed by atoms with E-state index in [-0.39, 0.29) is 50.6 Å². The van der Waals surface area contributed by atoms with Crippen LogP contribution in [0.2, 0.25) is 0 Å². The van der Waals surface area contributed by atoms with Crippen LogP contribution in [0.25, 0.3) is 28.2 Å². The lowest BCUT2D eigenvalue weighted by molar-refractivity contribution is -0.137. The van der Waals surface area contributed by atoms with Gasteiger partial charge in [0.1, 0.15) is 28.5 Å². The summed E-state index contributed by atoms with van der Waals surface area (Å²) in [4.78, 5) is 12.4. The highest BCUT2D eigenvalue weighted by atomic mass is 32.2. The van der Waals surface area contributed by atoms with Crippen molar-refractivity contribution < 1.29 is 30.7 Å². The summed E-state index contributed by atoms with van der Waals surface area (Å²) in [7, 11) is -2.47. The van der Waals surface area contributed by atoms with Crippen molar-refractivity contribution >= 4 is 26.6 Å². The van der Waals surface area contributed by atoms with Crippen LogP contribution in [0.5, 0.6) is 11.6 Å². The van der Waals surface area contributed by atoms with E-state index in [0.717, 1.165) is 16.6 Å². The first-order valence-corrected chi connectivity index (χ1v) is 12.1. The maximum absolute atomic E-state index is 13.6. The van der Waals surface area contributed by atoms with Crippen molar-refractivity contribution in [2.24, 2.45) is 7.05 Å². The Morgan fingerprint density at radius 3 is 2.56 bits per heavy atom. The lowest BCUT2D eigenvalue weighted by Gasteiger charge is -2.07. The molecule has 36 heavy (non-hydrogen) atoms. The standard InChI is InChI=1S/C22H16F4N6O3S/c1-3-36(33,34)21-17(20-29-15-9-12(22(24,25)26)11-28-18(15)31(20)2)19-27-8-7-16(32(19)30-21)35-14-6-4-5-13(23)10-14/h4-11H,3H2,1-2H3. The summed E-state index contributed by atoms with van der Waals surface area (Å²) in [6.07, 6.45) is -2.62. The van der Waals surface area contributed by atoms with Gasteiger partial charge in [-0.1, -0.05) is 13.0 Å². The molecule has 5 aromatic rings. The van der Waals surface area contributed by atoms with E-state index >= 15 is 0 Å². The van der Waals surface area contributed by atoms with Crippen molar-refractivity contribution in [1.82, 2.24) is 29.1 Å². The average Bonchev–Trinajstić information content (AvgIpc) is 3.37. The number of nitrogens with zero attached hydrogens (tertiary/aromatic N) is 6. The van der Waals surface area contributed by atoms with Gasteiger partial charge in [-0.15, -0.1) is 0 Å². The van der Waals surface area contributed by atoms with Gasteiger partial charge in [-0.3, -0.25) is 0 Å². The Morgan fingerprint density at radius 2 is 1.86 bits per heavy atom. The lowest BCUT2D eigenvalue weighted by atomic mass is 10.2. The van der Waals surface area contributed by atoms with Crippen LogP contribution < -0.4 is 4.74 Å². The first-order chi connectivity index (χ1) is 17.0. The number of halogens is 4. The summed E-state index contributed by atoms with van der Waals surface area (Å²) in [5, 5.41) is 3.83. The molecule has 0 aliphatic carbocycles. The molecule has 0 spiro atoms. The Kier molecular flexibility index (Phi) is 5.43. The van der Waals surface area contributed by atoms with E-state index in [9.17, 15) is 26.0 Å². The highest BCUT2D eigenvalue weighted by Gasteiger charge is 2.33. The number of hydrogen-bond acceptors (Lipinski definition) is 7. The van der Waals surface area contributed by atoms with E-state index < -0.39 is 27.4 Å². The van der Waals surface area contributed by atoms with E-state index in [4.69, 9.17) is 4.74 Å². The second kappa shape index (κ2) is 8.26. The van der Waals surface area contributed by atoms with E-state index in [0.29, 0.717) is 6.20 Å². The number of benzene rings is 1. The average molecular weight is 520 g/mol. The lowest BCUT2D eigenvalue weighted by Crippen LogP contribution is -2.07. The molecule has 14 heteroatoms. The third-order valence-corrected chi connectivity index (χ3v) is 7.04. The summed E-state index contributed by atoms with van der Waals surface area (Å²) in [6.45, 7) is 1.42. The molecule has 186 valence electrons. The third-order valence-electron chi connectivity index (χ3n) is 5.40. The molecule has 0 aliphatic heterocycles. The predicted octanol–water partition coefficient (Wildman–Crippen LogP) is 4.42. The molecule has 0 atom stereocenters. The molecule has 5 rings (SSSR count). The van der Waals surface area contributed by atoms with Gasteiger partial charge in [0.2, 0.25) is 5.88 Å². The third kappa shape index (κ3) is 3.92. The molecule has 4 aromatic heterocycles.